The summed E-state index contributed by atoms with van der Waals surface area (Å²) in [6.45, 7) is 10.3. The van der Waals surface area contributed by atoms with Gasteiger partial charge in [-0.05, 0) is 47.5 Å². The fourth-order valence-corrected chi connectivity index (χ4v) is 2.08. The van der Waals surface area contributed by atoms with Crippen LogP contribution in [0.1, 0.15) is 47.5 Å². The zero-order valence-corrected chi connectivity index (χ0v) is 12.5. The SMILES string of the molecule is CCOC(=O)C1(C=CB2OC(C)(C)C(C)(C)O2)CC1. The Labute approximate surface area is 115 Å². The average molecular weight is 266 g/mol. The molecule has 1 aliphatic carbocycles. The number of esters is 1. The van der Waals surface area contributed by atoms with E-state index in [2.05, 4.69) is 0 Å². The van der Waals surface area contributed by atoms with Gasteiger partial charge in [0.05, 0.1) is 23.2 Å². The van der Waals surface area contributed by atoms with Crippen molar-refractivity contribution in [2.24, 2.45) is 5.41 Å². The maximum Gasteiger partial charge on any atom is 0.486 e. The van der Waals surface area contributed by atoms with E-state index in [4.69, 9.17) is 14.0 Å². The van der Waals surface area contributed by atoms with Crippen molar-refractivity contribution in [2.75, 3.05) is 6.61 Å². The summed E-state index contributed by atoms with van der Waals surface area (Å²) >= 11 is 0. The second kappa shape index (κ2) is 4.63. The molecule has 5 heteroatoms. The number of hydrogen-bond acceptors (Lipinski definition) is 4. The first-order valence-electron chi connectivity index (χ1n) is 6.95. The highest BCUT2D eigenvalue weighted by atomic mass is 16.7. The lowest BCUT2D eigenvalue weighted by atomic mass is 9.87. The molecule has 0 amide bonds. The highest BCUT2D eigenvalue weighted by Crippen LogP contribution is 2.48. The molecule has 0 aromatic rings. The normalized spacial score (nSPS) is 26.7. The molecular weight excluding hydrogens is 243 g/mol. The van der Waals surface area contributed by atoms with Gasteiger partial charge in [-0.15, -0.1) is 0 Å². The van der Waals surface area contributed by atoms with E-state index in [0.29, 0.717) is 6.61 Å². The quantitative estimate of drug-likeness (QED) is 0.579. The third kappa shape index (κ3) is 2.72. The predicted octanol–water partition coefficient (Wildman–Crippen LogP) is 2.52. The topological polar surface area (TPSA) is 44.8 Å². The van der Waals surface area contributed by atoms with E-state index in [-0.39, 0.29) is 17.2 Å². The summed E-state index contributed by atoms with van der Waals surface area (Å²) in [6, 6.07) is 0. The van der Waals surface area contributed by atoms with Gasteiger partial charge >= 0.3 is 13.1 Å². The standard InChI is InChI=1S/C14H23BO4/c1-6-17-11(16)14(7-8-14)9-10-15-18-12(2,3)13(4,5)19-15/h9-10H,6-8H2,1-5H3. The van der Waals surface area contributed by atoms with Crippen LogP contribution in [-0.4, -0.2) is 30.9 Å². The molecule has 0 N–H and O–H groups in total. The van der Waals surface area contributed by atoms with Gasteiger partial charge in [0.2, 0.25) is 0 Å². The van der Waals surface area contributed by atoms with Crippen LogP contribution in [0.4, 0.5) is 0 Å². The van der Waals surface area contributed by atoms with Crippen LogP contribution >= 0.6 is 0 Å². The van der Waals surface area contributed by atoms with E-state index >= 15 is 0 Å². The first-order valence-corrected chi connectivity index (χ1v) is 6.95. The predicted molar refractivity (Wildman–Crippen MR) is 73.5 cm³/mol. The molecule has 1 aliphatic heterocycles. The minimum Gasteiger partial charge on any atom is -0.465 e. The van der Waals surface area contributed by atoms with Crippen molar-refractivity contribution >= 4 is 13.1 Å². The average Bonchev–Trinajstić information content (AvgIpc) is 3.02. The van der Waals surface area contributed by atoms with Gasteiger partial charge in [-0.25, -0.2) is 0 Å². The molecule has 2 aliphatic rings. The molecular formula is C14H23BO4. The van der Waals surface area contributed by atoms with Crippen LogP contribution in [0.2, 0.25) is 0 Å². The summed E-state index contributed by atoms with van der Waals surface area (Å²) in [7, 11) is -0.392. The molecule has 0 spiro atoms. The lowest BCUT2D eigenvalue weighted by Gasteiger charge is -2.32. The fourth-order valence-electron chi connectivity index (χ4n) is 2.08. The minimum absolute atomic E-state index is 0.136. The van der Waals surface area contributed by atoms with Gasteiger partial charge in [-0.3, -0.25) is 4.79 Å². The molecule has 1 heterocycles. The number of carbonyl (C=O) groups excluding carboxylic acids is 1. The van der Waals surface area contributed by atoms with Crippen molar-refractivity contribution in [2.45, 2.75) is 58.7 Å². The Morgan fingerprint density at radius 2 is 1.74 bits per heavy atom. The van der Waals surface area contributed by atoms with Gasteiger partial charge in [-0.1, -0.05) is 12.1 Å². The van der Waals surface area contributed by atoms with E-state index in [1.807, 2.05) is 46.7 Å². The zero-order valence-electron chi connectivity index (χ0n) is 12.5. The molecule has 4 nitrogen and oxygen atoms in total. The van der Waals surface area contributed by atoms with Crippen LogP contribution in [0.5, 0.6) is 0 Å². The third-order valence-electron chi connectivity index (χ3n) is 4.31. The minimum atomic E-state index is -0.431. The number of hydrogen-bond donors (Lipinski definition) is 0. The van der Waals surface area contributed by atoms with Crippen molar-refractivity contribution < 1.29 is 18.8 Å². The Hall–Kier alpha value is -0.805. The van der Waals surface area contributed by atoms with Crippen LogP contribution < -0.4 is 0 Å². The Morgan fingerprint density at radius 1 is 1.21 bits per heavy atom. The summed E-state index contributed by atoms with van der Waals surface area (Å²) in [5.74, 6) is 1.71. The number of rotatable bonds is 4. The molecule has 1 saturated carbocycles. The molecule has 0 unspecified atom stereocenters. The van der Waals surface area contributed by atoms with Crippen molar-refractivity contribution in [3.8, 4) is 0 Å². The number of carbonyl (C=O) groups is 1. The molecule has 1 saturated heterocycles. The van der Waals surface area contributed by atoms with Crippen LogP contribution in [0.15, 0.2) is 12.1 Å². The van der Waals surface area contributed by atoms with Crippen molar-refractivity contribution in [3.63, 3.8) is 0 Å². The summed E-state index contributed by atoms with van der Waals surface area (Å²) in [6.07, 6.45) is 3.59. The maximum atomic E-state index is 11.8. The van der Waals surface area contributed by atoms with Crippen molar-refractivity contribution in [3.05, 3.63) is 12.1 Å². The first kappa shape index (κ1) is 14.6. The summed E-state index contributed by atoms with van der Waals surface area (Å²) in [5.41, 5.74) is -1.12. The second-order valence-corrected chi connectivity index (χ2v) is 6.36. The smallest absolute Gasteiger partial charge is 0.465 e. The molecule has 0 atom stereocenters. The van der Waals surface area contributed by atoms with Crippen LogP contribution in [0.3, 0.4) is 0 Å². The highest BCUT2D eigenvalue weighted by molar-refractivity contribution is 6.51. The van der Waals surface area contributed by atoms with Gasteiger partial charge in [0.1, 0.15) is 0 Å². The van der Waals surface area contributed by atoms with E-state index in [1.54, 1.807) is 0 Å². The second-order valence-electron chi connectivity index (χ2n) is 6.36. The van der Waals surface area contributed by atoms with Crippen molar-refractivity contribution in [1.29, 1.82) is 0 Å². The first-order chi connectivity index (χ1) is 8.72. The molecule has 2 fully saturated rings. The summed E-state index contributed by atoms with van der Waals surface area (Å²) in [5, 5.41) is 0. The Morgan fingerprint density at radius 3 is 2.16 bits per heavy atom. The van der Waals surface area contributed by atoms with Gasteiger partial charge < -0.3 is 14.0 Å². The van der Waals surface area contributed by atoms with Crippen LogP contribution in [-0.2, 0) is 18.8 Å². The largest absolute Gasteiger partial charge is 0.486 e. The van der Waals surface area contributed by atoms with E-state index in [1.165, 1.54) is 0 Å². The lowest BCUT2D eigenvalue weighted by molar-refractivity contribution is -0.147. The van der Waals surface area contributed by atoms with Crippen molar-refractivity contribution in [1.82, 2.24) is 0 Å². The zero-order chi connectivity index (χ0) is 14.3. The van der Waals surface area contributed by atoms with Crippen LogP contribution in [0, 0.1) is 5.41 Å². The molecule has 0 bridgehead atoms. The fraction of sp³-hybridized carbons (Fsp3) is 0.786. The maximum absolute atomic E-state index is 11.8. The molecule has 0 aromatic carbocycles. The molecule has 19 heavy (non-hydrogen) atoms. The van der Waals surface area contributed by atoms with Gasteiger partial charge in [0.25, 0.3) is 0 Å². The van der Waals surface area contributed by atoms with E-state index in [0.717, 1.165) is 12.8 Å². The Kier molecular flexibility index (Phi) is 3.56. The van der Waals surface area contributed by atoms with Crippen LogP contribution in [0.25, 0.3) is 0 Å². The Bertz CT molecular complexity index is 380. The molecule has 2 rings (SSSR count). The highest BCUT2D eigenvalue weighted by Gasteiger charge is 2.52. The number of ether oxygens (including phenoxy) is 1. The third-order valence-corrected chi connectivity index (χ3v) is 4.31. The summed E-state index contributed by atoms with van der Waals surface area (Å²) in [4.78, 5) is 11.8. The van der Waals surface area contributed by atoms with E-state index in [9.17, 15) is 4.79 Å². The molecule has 0 radical (unpaired) electrons. The van der Waals surface area contributed by atoms with Gasteiger partial charge in [-0.2, -0.15) is 0 Å². The summed E-state index contributed by atoms with van der Waals surface area (Å²) < 4.78 is 16.8. The molecule has 0 aromatic heterocycles. The van der Waals surface area contributed by atoms with E-state index < -0.39 is 12.5 Å². The Balaban J connectivity index is 2.00. The van der Waals surface area contributed by atoms with Gasteiger partial charge in [0, 0.05) is 0 Å². The monoisotopic (exact) mass is 266 g/mol. The van der Waals surface area contributed by atoms with Gasteiger partial charge in [0.15, 0.2) is 0 Å². The lowest BCUT2D eigenvalue weighted by Crippen LogP contribution is -2.41. The molecule has 106 valence electrons.